The van der Waals surface area contributed by atoms with Crippen molar-refractivity contribution in [3.05, 3.63) is 70.3 Å². The highest BCUT2D eigenvalue weighted by atomic mass is 14.6. The number of hydrogen-bond donors (Lipinski definition) is 1. The van der Waals surface area contributed by atoms with Gasteiger partial charge < -0.3 is 5.73 Å². The summed E-state index contributed by atoms with van der Waals surface area (Å²) < 4.78 is 0. The third-order valence-corrected chi connectivity index (χ3v) is 5.33. The molecule has 0 heterocycles. The minimum Gasteiger partial charge on any atom is -0.320 e. The molecule has 1 unspecified atom stereocenters. The molecule has 2 N–H and O–H groups in total. The Morgan fingerprint density at radius 2 is 1.67 bits per heavy atom. The molecule has 1 nitrogen and oxygen atoms in total. The molecule has 1 atom stereocenters. The van der Waals surface area contributed by atoms with Crippen LogP contribution in [0.25, 0.3) is 0 Å². The molecule has 21 heavy (non-hydrogen) atoms. The fourth-order valence-corrected chi connectivity index (χ4v) is 3.73. The molecule has 108 valence electrons. The van der Waals surface area contributed by atoms with Crippen molar-refractivity contribution < 1.29 is 0 Å². The van der Waals surface area contributed by atoms with Gasteiger partial charge in [0.2, 0.25) is 0 Å². The van der Waals surface area contributed by atoms with Crippen molar-refractivity contribution in [3.63, 3.8) is 0 Å². The third kappa shape index (κ3) is 2.40. The van der Waals surface area contributed by atoms with Gasteiger partial charge in [-0.05, 0) is 65.8 Å². The van der Waals surface area contributed by atoms with Crippen LogP contribution in [0, 0.1) is 0 Å². The average molecular weight is 277 g/mol. The lowest BCUT2D eigenvalue weighted by atomic mass is 9.79. The zero-order valence-electron chi connectivity index (χ0n) is 12.5. The average Bonchev–Trinajstić information content (AvgIpc) is 2.92. The van der Waals surface area contributed by atoms with Crippen LogP contribution in [0.2, 0.25) is 0 Å². The monoisotopic (exact) mass is 277 g/mol. The highest BCUT2D eigenvalue weighted by Crippen LogP contribution is 2.37. The summed E-state index contributed by atoms with van der Waals surface area (Å²) >= 11 is 0. The number of aryl methyl sites for hydroxylation is 2. The number of hydrogen-bond acceptors (Lipinski definition) is 1. The highest BCUT2D eigenvalue weighted by molar-refractivity contribution is 5.41. The standard InChI is InChI=1S/C20H23N/c21-20(19-11-10-15-6-2-7-17(15)13-19)18-9-3-8-16(12-18)14-4-1-5-14/h3,8-14,20H,1-2,4-7,21H2. The zero-order valence-corrected chi connectivity index (χ0v) is 12.5. The third-order valence-electron chi connectivity index (χ3n) is 5.33. The van der Waals surface area contributed by atoms with E-state index in [1.807, 2.05) is 0 Å². The zero-order chi connectivity index (χ0) is 14.2. The van der Waals surface area contributed by atoms with Gasteiger partial charge >= 0.3 is 0 Å². The summed E-state index contributed by atoms with van der Waals surface area (Å²) in [5.41, 5.74) is 13.6. The van der Waals surface area contributed by atoms with E-state index in [4.69, 9.17) is 5.73 Å². The Morgan fingerprint density at radius 3 is 2.48 bits per heavy atom. The van der Waals surface area contributed by atoms with Gasteiger partial charge in [-0.1, -0.05) is 48.9 Å². The highest BCUT2D eigenvalue weighted by Gasteiger charge is 2.21. The van der Waals surface area contributed by atoms with E-state index in [0.717, 1.165) is 5.92 Å². The molecule has 1 saturated carbocycles. The Kier molecular flexibility index (Phi) is 3.31. The quantitative estimate of drug-likeness (QED) is 0.879. The number of benzene rings is 2. The van der Waals surface area contributed by atoms with Crippen LogP contribution in [0.1, 0.15) is 65.5 Å². The lowest BCUT2D eigenvalue weighted by Gasteiger charge is -2.26. The van der Waals surface area contributed by atoms with E-state index in [1.54, 1.807) is 0 Å². The van der Waals surface area contributed by atoms with Gasteiger partial charge in [0.1, 0.15) is 0 Å². The molecule has 0 aromatic heterocycles. The second kappa shape index (κ2) is 5.31. The molecule has 4 rings (SSSR count). The molecule has 0 aliphatic heterocycles. The van der Waals surface area contributed by atoms with Crippen LogP contribution in [0.5, 0.6) is 0 Å². The molecular formula is C20H23N. The molecule has 2 aliphatic carbocycles. The minimum absolute atomic E-state index is 0.0101. The lowest BCUT2D eigenvalue weighted by molar-refractivity contribution is 0.419. The van der Waals surface area contributed by atoms with E-state index in [1.165, 1.54) is 66.3 Å². The van der Waals surface area contributed by atoms with Gasteiger partial charge in [0.05, 0.1) is 6.04 Å². The summed E-state index contributed by atoms with van der Waals surface area (Å²) in [6.45, 7) is 0. The van der Waals surface area contributed by atoms with Gasteiger partial charge in [-0.2, -0.15) is 0 Å². The van der Waals surface area contributed by atoms with Crippen molar-refractivity contribution in [1.29, 1.82) is 0 Å². The van der Waals surface area contributed by atoms with Gasteiger partial charge in [0.15, 0.2) is 0 Å². The molecule has 2 aliphatic rings. The van der Waals surface area contributed by atoms with Gasteiger partial charge in [0.25, 0.3) is 0 Å². The largest absolute Gasteiger partial charge is 0.320 e. The van der Waals surface area contributed by atoms with Crippen molar-refractivity contribution in [3.8, 4) is 0 Å². The van der Waals surface area contributed by atoms with E-state index in [2.05, 4.69) is 42.5 Å². The van der Waals surface area contributed by atoms with Crippen molar-refractivity contribution in [2.75, 3.05) is 0 Å². The van der Waals surface area contributed by atoms with E-state index in [0.29, 0.717) is 0 Å². The normalized spacial score (nSPS) is 19.1. The van der Waals surface area contributed by atoms with Crippen LogP contribution in [0.4, 0.5) is 0 Å². The van der Waals surface area contributed by atoms with Gasteiger partial charge in [-0.25, -0.2) is 0 Å². The molecule has 1 fully saturated rings. The first kappa shape index (κ1) is 13.1. The Labute approximate surface area is 127 Å². The Hall–Kier alpha value is -1.60. The van der Waals surface area contributed by atoms with Crippen LogP contribution >= 0.6 is 0 Å². The van der Waals surface area contributed by atoms with Gasteiger partial charge in [-0.15, -0.1) is 0 Å². The number of nitrogens with two attached hydrogens (primary N) is 1. The predicted molar refractivity (Wildman–Crippen MR) is 87.5 cm³/mol. The molecular weight excluding hydrogens is 254 g/mol. The summed E-state index contributed by atoms with van der Waals surface area (Å²) in [6.07, 6.45) is 7.83. The second-order valence-electron chi connectivity index (χ2n) is 6.66. The summed E-state index contributed by atoms with van der Waals surface area (Å²) in [5.74, 6) is 0.775. The van der Waals surface area contributed by atoms with E-state index >= 15 is 0 Å². The first-order chi connectivity index (χ1) is 10.3. The molecule has 1 heteroatoms. The van der Waals surface area contributed by atoms with Crippen LogP contribution in [0.15, 0.2) is 42.5 Å². The van der Waals surface area contributed by atoms with E-state index in [-0.39, 0.29) is 6.04 Å². The maximum Gasteiger partial charge on any atom is 0.0551 e. The molecule has 0 spiro atoms. The fraction of sp³-hybridized carbons (Fsp3) is 0.400. The minimum atomic E-state index is 0.0101. The number of fused-ring (bicyclic) bond motifs is 1. The fourth-order valence-electron chi connectivity index (χ4n) is 3.73. The summed E-state index contributed by atoms with van der Waals surface area (Å²) in [7, 11) is 0. The van der Waals surface area contributed by atoms with E-state index < -0.39 is 0 Å². The predicted octanol–water partition coefficient (Wildman–Crippen LogP) is 4.49. The molecule has 0 amide bonds. The Morgan fingerprint density at radius 1 is 0.857 bits per heavy atom. The topological polar surface area (TPSA) is 26.0 Å². The number of rotatable bonds is 3. The van der Waals surface area contributed by atoms with Crippen LogP contribution in [-0.4, -0.2) is 0 Å². The van der Waals surface area contributed by atoms with Crippen molar-refractivity contribution in [2.45, 2.75) is 50.5 Å². The van der Waals surface area contributed by atoms with Crippen molar-refractivity contribution in [1.82, 2.24) is 0 Å². The lowest BCUT2D eigenvalue weighted by Crippen LogP contribution is -2.14. The van der Waals surface area contributed by atoms with Crippen LogP contribution in [0.3, 0.4) is 0 Å². The molecule has 0 radical (unpaired) electrons. The molecule has 2 aromatic carbocycles. The second-order valence-corrected chi connectivity index (χ2v) is 6.66. The maximum atomic E-state index is 6.54. The maximum absolute atomic E-state index is 6.54. The summed E-state index contributed by atoms with van der Waals surface area (Å²) in [4.78, 5) is 0. The smallest absolute Gasteiger partial charge is 0.0551 e. The van der Waals surface area contributed by atoms with Crippen LogP contribution < -0.4 is 5.73 Å². The van der Waals surface area contributed by atoms with Crippen molar-refractivity contribution in [2.24, 2.45) is 5.73 Å². The summed E-state index contributed by atoms with van der Waals surface area (Å²) in [6, 6.07) is 15.8. The van der Waals surface area contributed by atoms with Gasteiger partial charge in [0, 0.05) is 0 Å². The van der Waals surface area contributed by atoms with Gasteiger partial charge in [-0.3, -0.25) is 0 Å². The Balaban J connectivity index is 1.63. The molecule has 2 aromatic rings. The SMILES string of the molecule is NC(c1cccc(C2CCC2)c1)c1ccc2c(c1)CCC2. The first-order valence-corrected chi connectivity index (χ1v) is 8.28. The first-order valence-electron chi connectivity index (χ1n) is 8.28. The van der Waals surface area contributed by atoms with Crippen molar-refractivity contribution >= 4 is 0 Å². The summed E-state index contributed by atoms with van der Waals surface area (Å²) in [5, 5.41) is 0. The van der Waals surface area contributed by atoms with E-state index in [9.17, 15) is 0 Å². The molecule has 0 bridgehead atoms. The van der Waals surface area contributed by atoms with Crippen LogP contribution in [-0.2, 0) is 12.8 Å². The Bertz CT molecular complexity index is 655. The molecule has 0 saturated heterocycles.